The molecule has 0 heterocycles. The lowest BCUT2D eigenvalue weighted by Gasteiger charge is -2.17. The number of nitrogens with one attached hydrogen (secondary N) is 2. The Morgan fingerprint density at radius 3 is 2.42 bits per heavy atom. The van der Waals surface area contributed by atoms with Crippen LogP contribution in [0.1, 0.15) is 23.7 Å². The Bertz CT molecular complexity index is 723. The molecule has 0 aliphatic heterocycles. The Kier molecular flexibility index (Phi) is 6.46. The van der Waals surface area contributed by atoms with E-state index in [1.165, 1.54) is 18.2 Å². The second kappa shape index (κ2) is 8.57. The zero-order valence-electron chi connectivity index (χ0n) is 12.9. The summed E-state index contributed by atoms with van der Waals surface area (Å²) in [6, 6.07) is 13.4. The summed E-state index contributed by atoms with van der Waals surface area (Å²) in [6.07, 6.45) is -0.286. The van der Waals surface area contributed by atoms with Gasteiger partial charge in [0.15, 0.2) is 6.10 Å². The number of halogens is 2. The molecule has 0 fully saturated rings. The zero-order chi connectivity index (χ0) is 17.5. The highest BCUT2D eigenvalue weighted by atomic mass is 35.5. The second-order valence-corrected chi connectivity index (χ2v) is 5.74. The van der Waals surface area contributed by atoms with Gasteiger partial charge >= 0.3 is 0 Å². The monoisotopic (exact) mass is 366 g/mol. The molecule has 126 valence electrons. The van der Waals surface area contributed by atoms with Crippen molar-refractivity contribution in [3.8, 4) is 5.75 Å². The maximum atomic E-state index is 12.1. The number of carbonyl (C=O) groups is 2. The average Bonchev–Trinajstić information content (AvgIpc) is 2.58. The molecule has 2 aromatic rings. The fraction of sp³-hybridized carbons (Fsp3) is 0.176. The molecule has 0 radical (unpaired) electrons. The van der Waals surface area contributed by atoms with Crippen LogP contribution in [0, 0.1) is 0 Å². The van der Waals surface area contributed by atoms with Gasteiger partial charge in [0.1, 0.15) is 5.75 Å². The van der Waals surface area contributed by atoms with Crippen LogP contribution in [-0.2, 0) is 4.79 Å². The molecule has 2 amide bonds. The molecule has 0 aliphatic carbocycles. The number of hydrazine groups is 1. The lowest BCUT2D eigenvalue weighted by atomic mass is 10.2. The SMILES string of the molecule is CCC(Oc1ccccc1)C(=O)NNC(=O)c1ccc(Cl)cc1Cl. The minimum Gasteiger partial charge on any atom is -0.481 e. The van der Waals surface area contributed by atoms with Gasteiger partial charge in [0.25, 0.3) is 11.8 Å². The topological polar surface area (TPSA) is 67.4 Å². The molecule has 2 aromatic carbocycles. The number of hydrogen-bond donors (Lipinski definition) is 2. The van der Waals surface area contributed by atoms with Gasteiger partial charge < -0.3 is 4.74 Å². The van der Waals surface area contributed by atoms with Crippen LogP contribution in [0.2, 0.25) is 10.0 Å². The molecule has 0 aliphatic rings. The standard InChI is InChI=1S/C17H16Cl2N2O3/c1-2-15(24-12-6-4-3-5-7-12)17(23)21-20-16(22)13-9-8-11(18)10-14(13)19/h3-10,15H,2H2,1H3,(H,20,22)(H,21,23). The van der Waals surface area contributed by atoms with Crippen LogP contribution in [-0.4, -0.2) is 17.9 Å². The molecule has 5 nitrogen and oxygen atoms in total. The van der Waals surface area contributed by atoms with E-state index in [1.54, 1.807) is 12.1 Å². The smallest absolute Gasteiger partial charge is 0.279 e. The summed E-state index contributed by atoms with van der Waals surface area (Å²) in [4.78, 5) is 24.2. The first-order valence-corrected chi connectivity index (χ1v) is 8.03. The Balaban J connectivity index is 1.94. The number of ether oxygens (including phenoxy) is 1. The van der Waals surface area contributed by atoms with Crippen molar-refractivity contribution >= 4 is 35.0 Å². The van der Waals surface area contributed by atoms with Gasteiger partial charge in [-0.1, -0.05) is 48.3 Å². The lowest BCUT2D eigenvalue weighted by molar-refractivity contribution is -0.128. The highest BCUT2D eigenvalue weighted by molar-refractivity contribution is 6.36. The highest BCUT2D eigenvalue weighted by Crippen LogP contribution is 2.20. The fourth-order valence-corrected chi connectivity index (χ4v) is 2.42. The minimum absolute atomic E-state index is 0.196. The molecule has 2 rings (SSSR count). The summed E-state index contributed by atoms with van der Waals surface area (Å²) in [7, 11) is 0. The van der Waals surface area contributed by atoms with Crippen LogP contribution in [0.4, 0.5) is 0 Å². The van der Waals surface area contributed by atoms with Crippen molar-refractivity contribution < 1.29 is 14.3 Å². The zero-order valence-corrected chi connectivity index (χ0v) is 14.4. The number of hydrogen-bond acceptors (Lipinski definition) is 3. The van der Waals surface area contributed by atoms with E-state index in [0.29, 0.717) is 17.2 Å². The maximum Gasteiger partial charge on any atom is 0.279 e. The predicted molar refractivity (Wildman–Crippen MR) is 93.2 cm³/mol. The van der Waals surface area contributed by atoms with Gasteiger partial charge in [-0.25, -0.2) is 0 Å². The third-order valence-electron chi connectivity index (χ3n) is 3.16. The number of carbonyl (C=O) groups excluding carboxylic acids is 2. The predicted octanol–water partition coefficient (Wildman–Crippen LogP) is 3.61. The van der Waals surface area contributed by atoms with Crippen LogP contribution in [0.5, 0.6) is 5.75 Å². The Hall–Kier alpha value is -2.24. The van der Waals surface area contributed by atoms with E-state index < -0.39 is 17.9 Å². The third kappa shape index (κ3) is 4.88. The lowest BCUT2D eigenvalue weighted by Crippen LogP contribution is -2.48. The molecule has 0 saturated heterocycles. The van der Waals surface area contributed by atoms with Gasteiger partial charge in [0.2, 0.25) is 0 Å². The summed E-state index contributed by atoms with van der Waals surface area (Å²) in [5.74, 6) is -0.425. The van der Waals surface area contributed by atoms with E-state index in [4.69, 9.17) is 27.9 Å². The summed E-state index contributed by atoms with van der Waals surface area (Å²) in [5, 5.41) is 0.615. The van der Waals surface area contributed by atoms with Crippen molar-refractivity contribution in [1.29, 1.82) is 0 Å². The van der Waals surface area contributed by atoms with Crippen LogP contribution >= 0.6 is 23.2 Å². The van der Waals surface area contributed by atoms with Crippen molar-refractivity contribution in [2.45, 2.75) is 19.4 Å². The van der Waals surface area contributed by atoms with Crippen molar-refractivity contribution in [1.82, 2.24) is 10.9 Å². The van der Waals surface area contributed by atoms with Crippen LogP contribution in [0.3, 0.4) is 0 Å². The van der Waals surface area contributed by atoms with Gasteiger partial charge in [-0.15, -0.1) is 0 Å². The van der Waals surface area contributed by atoms with E-state index in [1.807, 2.05) is 25.1 Å². The highest BCUT2D eigenvalue weighted by Gasteiger charge is 2.19. The van der Waals surface area contributed by atoms with E-state index >= 15 is 0 Å². The molecule has 0 saturated carbocycles. The number of amides is 2. The quantitative estimate of drug-likeness (QED) is 0.794. The largest absolute Gasteiger partial charge is 0.481 e. The van der Waals surface area contributed by atoms with Crippen molar-refractivity contribution in [2.24, 2.45) is 0 Å². The van der Waals surface area contributed by atoms with E-state index in [-0.39, 0.29) is 10.6 Å². The van der Waals surface area contributed by atoms with Crippen molar-refractivity contribution in [2.75, 3.05) is 0 Å². The van der Waals surface area contributed by atoms with Crippen molar-refractivity contribution in [3.63, 3.8) is 0 Å². The first-order chi connectivity index (χ1) is 11.5. The summed E-state index contributed by atoms with van der Waals surface area (Å²) >= 11 is 11.7. The molecule has 24 heavy (non-hydrogen) atoms. The summed E-state index contributed by atoms with van der Waals surface area (Å²) in [5.41, 5.74) is 4.86. The van der Waals surface area contributed by atoms with Crippen LogP contribution < -0.4 is 15.6 Å². The molecule has 7 heteroatoms. The van der Waals surface area contributed by atoms with E-state index in [0.717, 1.165) is 0 Å². The average molecular weight is 367 g/mol. The Labute approximate surface area is 149 Å². The normalized spacial score (nSPS) is 11.5. The number of benzene rings is 2. The molecule has 0 aromatic heterocycles. The molecule has 1 unspecified atom stereocenters. The fourth-order valence-electron chi connectivity index (χ4n) is 1.93. The van der Waals surface area contributed by atoms with Gasteiger partial charge in [-0.3, -0.25) is 20.4 Å². The molecule has 0 bridgehead atoms. The third-order valence-corrected chi connectivity index (χ3v) is 3.71. The summed E-state index contributed by atoms with van der Waals surface area (Å²) in [6.45, 7) is 1.81. The molecule has 1 atom stereocenters. The van der Waals surface area contributed by atoms with Gasteiger partial charge in [-0.05, 0) is 36.8 Å². The molecule has 0 spiro atoms. The summed E-state index contributed by atoms with van der Waals surface area (Å²) < 4.78 is 5.60. The van der Waals surface area contributed by atoms with Gasteiger partial charge in [0, 0.05) is 5.02 Å². The van der Waals surface area contributed by atoms with Crippen LogP contribution in [0.25, 0.3) is 0 Å². The first kappa shape index (κ1) is 18.1. The Morgan fingerprint density at radius 1 is 1.08 bits per heavy atom. The van der Waals surface area contributed by atoms with Crippen molar-refractivity contribution in [3.05, 3.63) is 64.1 Å². The molecular weight excluding hydrogens is 351 g/mol. The number of rotatable bonds is 5. The minimum atomic E-state index is -0.728. The maximum absolute atomic E-state index is 12.1. The van der Waals surface area contributed by atoms with Crippen LogP contribution in [0.15, 0.2) is 48.5 Å². The first-order valence-electron chi connectivity index (χ1n) is 7.28. The van der Waals surface area contributed by atoms with E-state index in [9.17, 15) is 9.59 Å². The molecule has 2 N–H and O–H groups in total. The molecular formula is C17H16Cl2N2O3. The van der Waals surface area contributed by atoms with Gasteiger partial charge in [-0.2, -0.15) is 0 Å². The second-order valence-electron chi connectivity index (χ2n) is 4.90. The number of para-hydroxylation sites is 1. The van der Waals surface area contributed by atoms with E-state index in [2.05, 4.69) is 10.9 Å². The Morgan fingerprint density at radius 2 is 1.79 bits per heavy atom. The van der Waals surface area contributed by atoms with Gasteiger partial charge in [0.05, 0.1) is 10.6 Å².